The van der Waals surface area contributed by atoms with Crippen LogP contribution in [0.2, 0.25) is 0 Å². The van der Waals surface area contributed by atoms with Gasteiger partial charge in [0.15, 0.2) is 8.52 Å². The topological polar surface area (TPSA) is 24.7 Å². The molecule has 0 saturated carbocycles. The zero-order valence-electron chi connectivity index (χ0n) is 2.83. The van der Waals surface area contributed by atoms with Crippen molar-refractivity contribution >= 4 is 26.9 Å². The molecule has 6 heteroatoms. The molecule has 0 radical (unpaired) electrons. The standard InChI is InChI=1S/FH.H3N2P3/c;3-1-5-2-4/h1H;3H,4H2. The van der Waals surface area contributed by atoms with E-state index in [0.717, 1.165) is 0 Å². The van der Waals surface area contributed by atoms with Crippen molar-refractivity contribution in [2.24, 2.45) is 9.03 Å². The quantitative estimate of drug-likeness (QED) is 0.504. The molecule has 0 N–H and O–H groups in total. The van der Waals surface area contributed by atoms with Gasteiger partial charge >= 0.3 is 0 Å². The first-order valence-electron chi connectivity index (χ1n) is 0.882. The average Bonchev–Trinajstić information content (AvgIpc) is 1.41. The summed E-state index contributed by atoms with van der Waals surface area (Å²) in [4.78, 5) is 0. The van der Waals surface area contributed by atoms with Gasteiger partial charge in [-0.25, -0.2) is 4.52 Å². The molecule has 0 aliphatic carbocycles. The molecule has 2 nitrogen and oxygen atoms in total. The lowest BCUT2D eigenvalue weighted by Gasteiger charge is -1.55. The molecular formula is H4FN2P3. The third-order valence-electron chi connectivity index (χ3n) is 0.0964. The third-order valence-corrected chi connectivity index (χ3v) is 0.867. The maximum atomic E-state index is 3.53. The Morgan fingerprint density at radius 3 is 2.17 bits per heavy atom. The maximum Gasteiger partial charge on any atom is 0.156 e. The highest BCUT2D eigenvalue weighted by molar-refractivity contribution is 7.37. The lowest BCUT2D eigenvalue weighted by Crippen LogP contribution is -1.00. The van der Waals surface area contributed by atoms with Gasteiger partial charge in [-0.15, -0.1) is 0 Å². The fourth-order valence-electron chi connectivity index (χ4n) is 0.0258. The van der Waals surface area contributed by atoms with Crippen molar-refractivity contribution in [3.8, 4) is 0 Å². The zero-order valence-corrected chi connectivity index (χ0v) is 5.88. The van der Waals surface area contributed by atoms with E-state index >= 15 is 0 Å². The van der Waals surface area contributed by atoms with Crippen LogP contribution >= 0.6 is 26.9 Å². The monoisotopic (exact) mass is 144 g/mol. The molecule has 0 amide bonds. The first kappa shape index (κ1) is 9.75. The zero-order chi connectivity index (χ0) is 4.12. The van der Waals surface area contributed by atoms with E-state index in [-0.39, 0.29) is 4.70 Å². The molecular weight excluding hydrogens is 140 g/mol. The summed E-state index contributed by atoms with van der Waals surface area (Å²) in [5.74, 6) is 0. The first-order valence-corrected chi connectivity index (χ1v) is 2.65. The molecule has 0 aliphatic heterocycles. The van der Waals surface area contributed by atoms with E-state index in [1.165, 1.54) is 0 Å². The van der Waals surface area contributed by atoms with Crippen molar-refractivity contribution in [1.82, 2.24) is 0 Å². The van der Waals surface area contributed by atoms with Crippen molar-refractivity contribution in [1.29, 1.82) is 0 Å². The molecule has 0 aromatic heterocycles. The average molecular weight is 144 g/mol. The van der Waals surface area contributed by atoms with Gasteiger partial charge in [-0.05, 0) is 18.4 Å². The Labute approximate surface area is 41.6 Å². The lowest BCUT2D eigenvalue weighted by molar-refractivity contribution is 1.11. The van der Waals surface area contributed by atoms with Crippen LogP contribution in [0.1, 0.15) is 0 Å². The molecule has 0 aromatic rings. The summed E-state index contributed by atoms with van der Waals surface area (Å²) in [5, 5.41) is 0. The Bertz CT molecular complexity index is 50.8. The molecule has 0 heterocycles. The van der Waals surface area contributed by atoms with Gasteiger partial charge in [-0.1, -0.05) is 0 Å². The van der Waals surface area contributed by atoms with E-state index in [0.29, 0.717) is 8.52 Å². The number of rotatable bonds is 1. The molecule has 6 heavy (non-hydrogen) atoms. The molecule has 0 rings (SSSR count). The summed E-state index contributed by atoms with van der Waals surface area (Å²) in [6.45, 7) is 0. The summed E-state index contributed by atoms with van der Waals surface area (Å²) >= 11 is 0. The molecule has 0 bridgehead atoms. The van der Waals surface area contributed by atoms with Crippen LogP contribution in [-0.2, 0) is 0 Å². The molecule has 1 atom stereocenters. The summed E-state index contributed by atoms with van der Waals surface area (Å²) in [6, 6.07) is 0. The molecule has 0 saturated heterocycles. The molecule has 0 aliphatic rings. The minimum Gasteiger partial charge on any atom is -0.269 e. The predicted octanol–water partition coefficient (Wildman–Crippen LogP) is 2.30. The Hall–Kier alpha value is 0.560. The molecule has 0 spiro atoms. The van der Waals surface area contributed by atoms with Gasteiger partial charge in [-0.2, -0.15) is 4.52 Å². The molecule has 36 valence electrons. The van der Waals surface area contributed by atoms with Crippen LogP contribution in [0.25, 0.3) is 0 Å². The van der Waals surface area contributed by atoms with Crippen molar-refractivity contribution in [3.63, 3.8) is 0 Å². The summed E-state index contributed by atoms with van der Waals surface area (Å²) in [7, 11) is 5.75. The Morgan fingerprint density at radius 2 is 2.17 bits per heavy atom. The predicted molar refractivity (Wildman–Crippen MR) is 32.3 cm³/mol. The third kappa shape index (κ3) is 8.82. The van der Waals surface area contributed by atoms with Gasteiger partial charge in [0.2, 0.25) is 0 Å². The SMILES string of the molecule is F.P=NP=NP. The van der Waals surface area contributed by atoms with Crippen LogP contribution in [0, 0.1) is 0 Å². The van der Waals surface area contributed by atoms with Crippen molar-refractivity contribution in [2.75, 3.05) is 0 Å². The van der Waals surface area contributed by atoms with Crippen molar-refractivity contribution < 1.29 is 4.70 Å². The number of halogens is 1. The molecule has 1 unspecified atom stereocenters. The van der Waals surface area contributed by atoms with E-state index < -0.39 is 0 Å². The number of hydrogen-bond acceptors (Lipinski definition) is 1. The minimum atomic E-state index is 0. The van der Waals surface area contributed by atoms with Crippen LogP contribution in [0.4, 0.5) is 4.70 Å². The van der Waals surface area contributed by atoms with Crippen LogP contribution in [0.3, 0.4) is 0 Å². The highest BCUT2D eigenvalue weighted by atomic mass is 31.1. The van der Waals surface area contributed by atoms with E-state index in [1.54, 1.807) is 0 Å². The van der Waals surface area contributed by atoms with Gasteiger partial charge < -0.3 is 0 Å². The second kappa shape index (κ2) is 9.12. The molecule has 0 aromatic carbocycles. The highest BCUT2D eigenvalue weighted by Gasteiger charge is 1.44. The Morgan fingerprint density at radius 1 is 1.67 bits per heavy atom. The first-order chi connectivity index (χ1) is 2.41. The Balaban J connectivity index is 0. The summed E-state index contributed by atoms with van der Waals surface area (Å²) in [5.41, 5.74) is 0. The van der Waals surface area contributed by atoms with Gasteiger partial charge in [0.1, 0.15) is 0 Å². The van der Waals surface area contributed by atoms with E-state index in [1.807, 2.05) is 0 Å². The van der Waals surface area contributed by atoms with Gasteiger partial charge in [0.25, 0.3) is 0 Å². The second-order valence-corrected chi connectivity index (χ2v) is 2.21. The number of hydrogen-bond donors (Lipinski definition) is 0. The van der Waals surface area contributed by atoms with E-state index in [4.69, 9.17) is 0 Å². The Kier molecular flexibility index (Phi) is 14.8. The minimum absolute atomic E-state index is 0. The van der Waals surface area contributed by atoms with Crippen LogP contribution < -0.4 is 0 Å². The fourth-order valence-corrected chi connectivity index (χ4v) is 0.697. The fraction of sp³-hybridized carbons (Fsp3) is 0. The lowest BCUT2D eigenvalue weighted by atomic mass is 13.9. The molecule has 0 fully saturated rings. The maximum absolute atomic E-state index is 3.53. The largest absolute Gasteiger partial charge is 0.269 e. The smallest absolute Gasteiger partial charge is 0.156 e. The normalized spacial score (nSPS) is 7.50. The summed E-state index contributed by atoms with van der Waals surface area (Å²) in [6.07, 6.45) is 0. The van der Waals surface area contributed by atoms with Crippen LogP contribution in [0.5, 0.6) is 0 Å². The van der Waals surface area contributed by atoms with Crippen molar-refractivity contribution in [3.05, 3.63) is 0 Å². The second-order valence-electron chi connectivity index (χ2n) is 0.305. The summed E-state index contributed by atoms with van der Waals surface area (Å²) < 4.78 is 6.97. The van der Waals surface area contributed by atoms with Crippen LogP contribution in [0.15, 0.2) is 9.03 Å². The highest BCUT2D eigenvalue weighted by Crippen LogP contribution is 2.05. The van der Waals surface area contributed by atoms with Crippen molar-refractivity contribution in [2.45, 2.75) is 0 Å². The number of nitrogens with zero attached hydrogens (tertiary/aromatic N) is 2. The van der Waals surface area contributed by atoms with E-state index in [2.05, 4.69) is 27.5 Å². The van der Waals surface area contributed by atoms with Crippen LogP contribution in [-0.4, -0.2) is 0 Å². The van der Waals surface area contributed by atoms with Gasteiger partial charge in [0.05, 0.1) is 0 Å². The van der Waals surface area contributed by atoms with Gasteiger partial charge in [0, 0.05) is 0 Å². The van der Waals surface area contributed by atoms with E-state index in [9.17, 15) is 0 Å². The van der Waals surface area contributed by atoms with Gasteiger partial charge in [-0.3, -0.25) is 4.70 Å².